The van der Waals surface area contributed by atoms with Crippen molar-refractivity contribution >= 4 is 28.3 Å². The molecule has 0 unspecified atom stereocenters. The van der Waals surface area contributed by atoms with Crippen molar-refractivity contribution in [2.75, 3.05) is 6.61 Å². The molecule has 0 saturated carbocycles. The molecule has 0 amide bonds. The normalized spacial score (nSPS) is 12.0. The third kappa shape index (κ3) is 3.23. The van der Waals surface area contributed by atoms with E-state index in [4.69, 9.17) is 10.8 Å². The first-order valence-corrected chi connectivity index (χ1v) is 4.26. The Kier molecular flexibility index (Phi) is 5.48. The van der Waals surface area contributed by atoms with Crippen LogP contribution in [0.4, 0.5) is 4.39 Å². The SMILES string of the molecule is Cl.N[C@H](CO)c1ccc(F)cc1Br. The van der Waals surface area contributed by atoms with E-state index in [-0.39, 0.29) is 24.8 Å². The fourth-order valence-corrected chi connectivity index (χ4v) is 1.55. The molecule has 0 aromatic heterocycles. The molecule has 3 N–H and O–H groups in total. The summed E-state index contributed by atoms with van der Waals surface area (Å²) in [6.07, 6.45) is 0. The topological polar surface area (TPSA) is 46.2 Å². The monoisotopic (exact) mass is 269 g/mol. The van der Waals surface area contributed by atoms with Gasteiger partial charge in [0.05, 0.1) is 12.6 Å². The highest BCUT2D eigenvalue weighted by molar-refractivity contribution is 9.10. The summed E-state index contributed by atoms with van der Waals surface area (Å²) in [6.45, 7) is -0.149. The van der Waals surface area contributed by atoms with Gasteiger partial charge in [-0.05, 0) is 17.7 Å². The molecular formula is C8H10BrClFNO. The van der Waals surface area contributed by atoms with Crippen LogP contribution in [0, 0.1) is 5.82 Å². The quantitative estimate of drug-likeness (QED) is 0.863. The van der Waals surface area contributed by atoms with Crippen LogP contribution < -0.4 is 5.73 Å². The standard InChI is InChI=1S/C8H9BrFNO.ClH/c9-7-3-5(10)1-2-6(7)8(11)4-12;/h1-3,8,12H,4,11H2;1H/t8-;/m1./s1. The van der Waals surface area contributed by atoms with E-state index in [1.54, 1.807) is 6.07 Å². The molecule has 1 atom stereocenters. The van der Waals surface area contributed by atoms with Crippen molar-refractivity contribution in [3.05, 3.63) is 34.1 Å². The number of hydrogen-bond donors (Lipinski definition) is 2. The molecule has 0 saturated heterocycles. The van der Waals surface area contributed by atoms with Crippen molar-refractivity contribution in [1.82, 2.24) is 0 Å². The molecule has 74 valence electrons. The molecule has 0 heterocycles. The predicted molar refractivity (Wildman–Crippen MR) is 55.4 cm³/mol. The summed E-state index contributed by atoms with van der Waals surface area (Å²) in [7, 11) is 0. The number of nitrogens with two attached hydrogens (primary N) is 1. The molecule has 0 aliphatic rings. The molecule has 1 rings (SSSR count). The van der Waals surface area contributed by atoms with Gasteiger partial charge in [0.1, 0.15) is 5.82 Å². The lowest BCUT2D eigenvalue weighted by Gasteiger charge is -2.10. The summed E-state index contributed by atoms with van der Waals surface area (Å²) in [5, 5.41) is 8.74. The molecule has 2 nitrogen and oxygen atoms in total. The van der Waals surface area contributed by atoms with Crippen LogP contribution in [0.15, 0.2) is 22.7 Å². The van der Waals surface area contributed by atoms with Crippen LogP contribution in [-0.2, 0) is 0 Å². The van der Waals surface area contributed by atoms with Crippen molar-refractivity contribution in [1.29, 1.82) is 0 Å². The molecule has 5 heteroatoms. The summed E-state index contributed by atoms with van der Waals surface area (Å²) < 4.78 is 13.2. The molecule has 1 aromatic rings. The minimum atomic E-state index is -0.458. The number of benzene rings is 1. The van der Waals surface area contributed by atoms with E-state index in [1.807, 2.05) is 0 Å². The maximum absolute atomic E-state index is 12.6. The van der Waals surface area contributed by atoms with Crippen LogP contribution in [0.1, 0.15) is 11.6 Å². The molecule has 0 aliphatic heterocycles. The molecular weight excluding hydrogens is 260 g/mol. The van der Waals surface area contributed by atoms with Gasteiger partial charge in [0.25, 0.3) is 0 Å². The van der Waals surface area contributed by atoms with Crippen molar-refractivity contribution < 1.29 is 9.50 Å². The Morgan fingerprint density at radius 2 is 2.15 bits per heavy atom. The molecule has 0 radical (unpaired) electrons. The Hall–Kier alpha value is -0.160. The molecule has 0 spiro atoms. The van der Waals surface area contributed by atoms with Crippen LogP contribution >= 0.6 is 28.3 Å². The van der Waals surface area contributed by atoms with Gasteiger partial charge in [0.2, 0.25) is 0 Å². The lowest BCUT2D eigenvalue weighted by atomic mass is 10.1. The molecule has 0 aliphatic carbocycles. The maximum atomic E-state index is 12.6. The summed E-state index contributed by atoms with van der Waals surface area (Å²) in [5.74, 6) is -0.323. The van der Waals surface area contributed by atoms with Gasteiger partial charge in [0, 0.05) is 4.47 Å². The zero-order valence-electron chi connectivity index (χ0n) is 6.71. The Bertz CT molecular complexity index is 285. The average molecular weight is 271 g/mol. The zero-order valence-corrected chi connectivity index (χ0v) is 9.11. The van der Waals surface area contributed by atoms with E-state index < -0.39 is 6.04 Å². The fourth-order valence-electron chi connectivity index (χ4n) is 0.901. The van der Waals surface area contributed by atoms with Crippen molar-refractivity contribution in [3.8, 4) is 0 Å². The molecule has 1 aromatic carbocycles. The lowest BCUT2D eigenvalue weighted by molar-refractivity contribution is 0.267. The maximum Gasteiger partial charge on any atom is 0.124 e. The summed E-state index contributed by atoms with van der Waals surface area (Å²) in [5.41, 5.74) is 6.25. The highest BCUT2D eigenvalue weighted by atomic mass is 79.9. The Balaban J connectivity index is 0.00000144. The fraction of sp³-hybridized carbons (Fsp3) is 0.250. The minimum absolute atomic E-state index is 0. The van der Waals surface area contributed by atoms with E-state index in [1.165, 1.54) is 12.1 Å². The Morgan fingerprint density at radius 3 is 2.62 bits per heavy atom. The molecule has 0 fully saturated rings. The Morgan fingerprint density at radius 1 is 1.54 bits per heavy atom. The number of rotatable bonds is 2. The number of halogens is 3. The van der Waals surface area contributed by atoms with Gasteiger partial charge in [-0.3, -0.25) is 0 Å². The smallest absolute Gasteiger partial charge is 0.124 e. The van der Waals surface area contributed by atoms with E-state index in [9.17, 15) is 4.39 Å². The second kappa shape index (κ2) is 5.54. The first-order valence-electron chi connectivity index (χ1n) is 3.46. The van der Waals surface area contributed by atoms with Crippen LogP contribution in [0.5, 0.6) is 0 Å². The van der Waals surface area contributed by atoms with E-state index >= 15 is 0 Å². The van der Waals surface area contributed by atoms with Gasteiger partial charge in [-0.1, -0.05) is 22.0 Å². The molecule has 13 heavy (non-hydrogen) atoms. The Labute approximate surface area is 90.5 Å². The summed E-state index contributed by atoms with van der Waals surface area (Å²) in [4.78, 5) is 0. The third-order valence-electron chi connectivity index (χ3n) is 1.56. The number of aliphatic hydroxyl groups excluding tert-OH is 1. The van der Waals surface area contributed by atoms with Crippen molar-refractivity contribution in [2.24, 2.45) is 5.73 Å². The average Bonchev–Trinajstić information content (AvgIpc) is 2.03. The van der Waals surface area contributed by atoms with Gasteiger partial charge >= 0.3 is 0 Å². The van der Waals surface area contributed by atoms with Gasteiger partial charge in [0.15, 0.2) is 0 Å². The minimum Gasteiger partial charge on any atom is -0.394 e. The van der Waals surface area contributed by atoms with E-state index in [0.29, 0.717) is 10.0 Å². The van der Waals surface area contributed by atoms with Gasteiger partial charge < -0.3 is 10.8 Å². The van der Waals surface area contributed by atoms with Gasteiger partial charge in [-0.15, -0.1) is 12.4 Å². The summed E-state index contributed by atoms with van der Waals surface area (Å²) >= 11 is 3.16. The first-order chi connectivity index (χ1) is 5.65. The highest BCUT2D eigenvalue weighted by Gasteiger charge is 2.08. The second-order valence-corrected chi connectivity index (χ2v) is 3.31. The van der Waals surface area contributed by atoms with E-state index in [0.717, 1.165) is 0 Å². The van der Waals surface area contributed by atoms with E-state index in [2.05, 4.69) is 15.9 Å². The van der Waals surface area contributed by atoms with Crippen molar-refractivity contribution in [3.63, 3.8) is 0 Å². The summed E-state index contributed by atoms with van der Waals surface area (Å²) in [6, 6.07) is 3.74. The first kappa shape index (κ1) is 12.8. The van der Waals surface area contributed by atoms with Crippen LogP contribution in [0.25, 0.3) is 0 Å². The number of hydrogen-bond acceptors (Lipinski definition) is 2. The largest absolute Gasteiger partial charge is 0.394 e. The van der Waals surface area contributed by atoms with Gasteiger partial charge in [-0.25, -0.2) is 4.39 Å². The van der Waals surface area contributed by atoms with Gasteiger partial charge in [-0.2, -0.15) is 0 Å². The second-order valence-electron chi connectivity index (χ2n) is 2.45. The molecule has 0 bridgehead atoms. The number of aliphatic hydroxyl groups is 1. The van der Waals surface area contributed by atoms with Crippen LogP contribution in [-0.4, -0.2) is 11.7 Å². The van der Waals surface area contributed by atoms with Crippen LogP contribution in [0.2, 0.25) is 0 Å². The van der Waals surface area contributed by atoms with Crippen LogP contribution in [0.3, 0.4) is 0 Å². The predicted octanol–water partition coefficient (Wildman–Crippen LogP) is 2.00. The lowest BCUT2D eigenvalue weighted by Crippen LogP contribution is -2.14. The zero-order chi connectivity index (χ0) is 9.14. The third-order valence-corrected chi connectivity index (χ3v) is 2.25. The highest BCUT2D eigenvalue weighted by Crippen LogP contribution is 2.22. The van der Waals surface area contributed by atoms with Crippen molar-refractivity contribution in [2.45, 2.75) is 6.04 Å².